The Morgan fingerprint density at radius 1 is 1.09 bits per heavy atom. The fourth-order valence-corrected chi connectivity index (χ4v) is 5.72. The molecule has 1 unspecified atom stereocenters. The molecule has 0 bridgehead atoms. The average molecular weight is 453 g/mol. The Bertz CT molecular complexity index is 1250. The van der Waals surface area contributed by atoms with Gasteiger partial charge in [0, 0.05) is 29.6 Å². The lowest BCUT2D eigenvalue weighted by Gasteiger charge is -2.28. The first-order valence-corrected chi connectivity index (χ1v) is 12.6. The van der Waals surface area contributed by atoms with Gasteiger partial charge in [-0.05, 0) is 78.0 Å². The van der Waals surface area contributed by atoms with E-state index in [1.54, 1.807) is 4.80 Å². The van der Waals surface area contributed by atoms with Gasteiger partial charge in [-0.2, -0.15) is 4.80 Å². The Morgan fingerprint density at radius 2 is 1.91 bits per heavy atom. The number of hydrogen-bond donors (Lipinski definition) is 1. The molecule has 1 atom stereocenters. The van der Waals surface area contributed by atoms with Crippen molar-refractivity contribution >= 4 is 11.4 Å². The van der Waals surface area contributed by atoms with Gasteiger partial charge in [-0.3, -0.25) is 0 Å². The van der Waals surface area contributed by atoms with Crippen LogP contribution in [0.4, 0.5) is 5.82 Å². The van der Waals surface area contributed by atoms with Crippen molar-refractivity contribution in [1.82, 2.24) is 25.2 Å². The van der Waals surface area contributed by atoms with Gasteiger partial charge in [-0.1, -0.05) is 49.4 Å². The van der Waals surface area contributed by atoms with Gasteiger partial charge in [-0.25, -0.2) is 4.98 Å². The maximum Gasteiger partial charge on any atom is 0.181 e. The molecule has 6 nitrogen and oxygen atoms in total. The van der Waals surface area contributed by atoms with Gasteiger partial charge in [-0.15, -0.1) is 10.2 Å². The molecule has 6 heteroatoms. The monoisotopic (exact) mass is 452 g/mol. The lowest BCUT2D eigenvalue weighted by molar-refractivity contribution is 0.360. The minimum Gasteiger partial charge on any atom is -0.367 e. The minimum absolute atomic E-state index is 0.190. The maximum atomic E-state index is 5.21. The summed E-state index contributed by atoms with van der Waals surface area (Å²) in [5.74, 6) is 2.91. The molecule has 1 saturated carbocycles. The number of pyridine rings is 1. The highest BCUT2D eigenvalue weighted by Crippen LogP contribution is 2.46. The van der Waals surface area contributed by atoms with Crippen LogP contribution < -0.4 is 5.32 Å². The van der Waals surface area contributed by atoms with E-state index in [2.05, 4.69) is 76.2 Å². The number of anilines is 1. The SMILES string of the molecule is CC1CCC(Nc2nc(Cc3ccccc3)cc3c2C2=CCC(c4nnn(C)n4)C=C2C3)CC1. The van der Waals surface area contributed by atoms with Gasteiger partial charge >= 0.3 is 0 Å². The first-order valence-electron chi connectivity index (χ1n) is 12.6. The topological polar surface area (TPSA) is 68.5 Å². The molecule has 3 aromatic rings. The number of nitrogens with one attached hydrogen (secondary N) is 1. The number of nitrogens with zero attached hydrogens (tertiary/aromatic N) is 5. The fourth-order valence-electron chi connectivity index (χ4n) is 5.72. The maximum absolute atomic E-state index is 5.21. The van der Waals surface area contributed by atoms with Crippen LogP contribution >= 0.6 is 0 Å². The van der Waals surface area contributed by atoms with Gasteiger partial charge in [0.1, 0.15) is 5.82 Å². The lowest BCUT2D eigenvalue weighted by Crippen LogP contribution is -2.26. The Morgan fingerprint density at radius 3 is 2.68 bits per heavy atom. The highest BCUT2D eigenvalue weighted by Gasteiger charge is 2.31. The Balaban J connectivity index is 1.34. The summed E-state index contributed by atoms with van der Waals surface area (Å²) in [7, 11) is 1.82. The molecule has 0 aliphatic heterocycles. The number of benzene rings is 1. The second kappa shape index (κ2) is 8.82. The summed E-state index contributed by atoms with van der Waals surface area (Å²) in [5.41, 5.74) is 7.86. The highest BCUT2D eigenvalue weighted by atomic mass is 15.6. The molecule has 1 aromatic carbocycles. The zero-order valence-electron chi connectivity index (χ0n) is 20.0. The van der Waals surface area contributed by atoms with Crippen molar-refractivity contribution in [3.05, 3.63) is 82.3 Å². The molecule has 174 valence electrons. The second-order valence-electron chi connectivity index (χ2n) is 10.2. The van der Waals surface area contributed by atoms with Gasteiger partial charge in [0.15, 0.2) is 5.82 Å². The van der Waals surface area contributed by atoms with Gasteiger partial charge < -0.3 is 5.32 Å². The first kappa shape index (κ1) is 21.3. The Kier molecular flexibility index (Phi) is 5.52. The van der Waals surface area contributed by atoms with Crippen molar-refractivity contribution in [3.63, 3.8) is 0 Å². The smallest absolute Gasteiger partial charge is 0.181 e. The summed E-state index contributed by atoms with van der Waals surface area (Å²) in [4.78, 5) is 6.75. The predicted molar refractivity (Wildman–Crippen MR) is 134 cm³/mol. The van der Waals surface area contributed by atoms with Crippen molar-refractivity contribution in [2.75, 3.05) is 5.32 Å². The van der Waals surface area contributed by atoms with Crippen LogP contribution in [0.2, 0.25) is 0 Å². The van der Waals surface area contributed by atoms with Crippen LogP contribution in [0, 0.1) is 5.92 Å². The number of aromatic nitrogens is 5. The fraction of sp³-hybridized carbons (Fsp3) is 0.429. The Labute approximate surface area is 201 Å². The summed E-state index contributed by atoms with van der Waals surface area (Å²) in [6, 6.07) is 13.5. The van der Waals surface area contributed by atoms with E-state index in [1.807, 2.05) is 7.05 Å². The summed E-state index contributed by atoms with van der Waals surface area (Å²) < 4.78 is 0. The van der Waals surface area contributed by atoms with Crippen LogP contribution in [0.15, 0.2) is 54.1 Å². The first-order chi connectivity index (χ1) is 16.6. The molecule has 0 radical (unpaired) electrons. The molecule has 3 aliphatic rings. The number of aryl methyl sites for hydroxylation is 1. The van der Waals surface area contributed by atoms with E-state index in [-0.39, 0.29) is 5.92 Å². The minimum atomic E-state index is 0.190. The van der Waals surface area contributed by atoms with Crippen molar-refractivity contribution in [2.45, 2.75) is 63.8 Å². The summed E-state index contributed by atoms with van der Waals surface area (Å²) in [6.45, 7) is 2.37. The third kappa shape index (κ3) is 4.17. The molecule has 0 amide bonds. The quantitative estimate of drug-likeness (QED) is 0.573. The Hall–Kier alpha value is -3.28. The highest BCUT2D eigenvalue weighted by molar-refractivity contribution is 5.92. The molecular formula is C28H32N6. The van der Waals surface area contributed by atoms with E-state index < -0.39 is 0 Å². The molecule has 3 aliphatic carbocycles. The zero-order valence-corrected chi connectivity index (χ0v) is 20.0. The summed E-state index contributed by atoms with van der Waals surface area (Å²) >= 11 is 0. The van der Waals surface area contributed by atoms with E-state index in [0.717, 1.165) is 42.5 Å². The third-order valence-electron chi connectivity index (χ3n) is 7.57. The largest absolute Gasteiger partial charge is 0.367 e. The average Bonchev–Trinajstić information content (AvgIpc) is 3.44. The number of hydrogen-bond acceptors (Lipinski definition) is 5. The second-order valence-corrected chi connectivity index (χ2v) is 10.2. The predicted octanol–water partition coefficient (Wildman–Crippen LogP) is 5.24. The standard InChI is InChI=1S/C28H32N6/c1-18-8-11-23(12-9-18)29-28-26-22(17-24(30-28)14-19-6-4-3-5-7-19)16-21-15-20(10-13-25(21)26)27-31-33-34(2)32-27/h3-7,13,15,17-18,20,23H,8-12,14,16H2,1-2H3,(H,29,30). The van der Waals surface area contributed by atoms with E-state index >= 15 is 0 Å². The van der Waals surface area contributed by atoms with Crippen LogP contribution in [0.1, 0.15) is 73.2 Å². The third-order valence-corrected chi connectivity index (χ3v) is 7.57. The van der Waals surface area contributed by atoms with Crippen LogP contribution in [-0.4, -0.2) is 31.2 Å². The summed E-state index contributed by atoms with van der Waals surface area (Å²) in [6.07, 6.45) is 12.5. The molecule has 2 heterocycles. The molecular weight excluding hydrogens is 420 g/mol. The lowest BCUT2D eigenvalue weighted by atomic mass is 9.87. The van der Waals surface area contributed by atoms with E-state index in [9.17, 15) is 0 Å². The zero-order chi connectivity index (χ0) is 23.1. The van der Waals surface area contributed by atoms with Crippen molar-refractivity contribution in [2.24, 2.45) is 13.0 Å². The van der Waals surface area contributed by atoms with Crippen molar-refractivity contribution in [3.8, 4) is 0 Å². The molecule has 1 fully saturated rings. The molecule has 2 aromatic heterocycles. The number of tetrazole rings is 1. The van der Waals surface area contributed by atoms with E-state index in [0.29, 0.717) is 6.04 Å². The van der Waals surface area contributed by atoms with Gasteiger partial charge in [0.25, 0.3) is 0 Å². The number of allylic oxidation sites excluding steroid dienone is 4. The number of fused-ring (bicyclic) bond motifs is 3. The van der Waals surface area contributed by atoms with Crippen LogP contribution in [0.5, 0.6) is 0 Å². The molecule has 6 rings (SSSR count). The normalized spacial score (nSPS) is 23.6. The molecule has 0 spiro atoms. The van der Waals surface area contributed by atoms with Crippen LogP contribution in [-0.2, 0) is 19.9 Å². The van der Waals surface area contributed by atoms with Crippen molar-refractivity contribution < 1.29 is 0 Å². The van der Waals surface area contributed by atoms with Gasteiger partial charge in [0.2, 0.25) is 0 Å². The summed E-state index contributed by atoms with van der Waals surface area (Å²) in [5, 5.41) is 16.7. The molecule has 0 saturated heterocycles. The van der Waals surface area contributed by atoms with E-state index in [1.165, 1.54) is 53.5 Å². The van der Waals surface area contributed by atoms with Crippen LogP contribution in [0.3, 0.4) is 0 Å². The van der Waals surface area contributed by atoms with Crippen LogP contribution in [0.25, 0.3) is 5.57 Å². The van der Waals surface area contributed by atoms with Gasteiger partial charge in [0.05, 0.1) is 7.05 Å². The molecule has 1 N–H and O–H groups in total. The van der Waals surface area contributed by atoms with Crippen molar-refractivity contribution in [1.29, 1.82) is 0 Å². The number of rotatable bonds is 5. The van der Waals surface area contributed by atoms with E-state index in [4.69, 9.17) is 4.98 Å². The molecule has 34 heavy (non-hydrogen) atoms.